The van der Waals surface area contributed by atoms with Crippen LogP contribution in [0.1, 0.15) is 34.0 Å². The zero-order valence-corrected chi connectivity index (χ0v) is 18.9. The average Bonchev–Trinajstić information content (AvgIpc) is 3.18. The second-order valence-corrected chi connectivity index (χ2v) is 8.37. The first kappa shape index (κ1) is 23.6. The molecule has 4 rings (SSSR count). The van der Waals surface area contributed by atoms with Crippen LogP contribution in [0.5, 0.6) is 0 Å². The number of hydrogen-bond acceptors (Lipinski definition) is 5. The molecule has 0 aliphatic carbocycles. The van der Waals surface area contributed by atoms with Gasteiger partial charge in [-0.3, -0.25) is 4.79 Å². The number of aliphatic hydroxyl groups is 1. The Hall–Kier alpha value is -3.56. The lowest BCUT2D eigenvalue weighted by Gasteiger charge is -2.20. The summed E-state index contributed by atoms with van der Waals surface area (Å²) in [5.74, 6) is -1.43. The molecular formula is C24H22ClF2N5O2. The second-order valence-electron chi connectivity index (χ2n) is 7.93. The van der Waals surface area contributed by atoms with Gasteiger partial charge in [-0.05, 0) is 47.9 Å². The molecule has 2 aromatic heterocycles. The fourth-order valence-electron chi connectivity index (χ4n) is 3.75. The number of nitrogens with one attached hydrogen (secondary N) is 1. The standard InChI is InChI=1S/C24H22ClF2N5O2/c1-13-2-7-18(15-8-9-32-20(10-15)30-24(28)31-32)22(27)21(13)23(34)29-17(12-26)11-19(33)14-3-5-16(25)6-4-14/h2-10,17,19,33H,11-12H2,1H3,(H2,28,31)(H,29,34). The van der Waals surface area contributed by atoms with Crippen LogP contribution in [0.15, 0.2) is 54.7 Å². The smallest absolute Gasteiger partial charge is 0.254 e. The fraction of sp³-hybridized carbons (Fsp3) is 0.208. The molecule has 0 bridgehead atoms. The Morgan fingerprint density at radius 3 is 2.68 bits per heavy atom. The van der Waals surface area contributed by atoms with Gasteiger partial charge >= 0.3 is 0 Å². The van der Waals surface area contributed by atoms with Crippen LogP contribution in [0.4, 0.5) is 14.7 Å². The summed E-state index contributed by atoms with van der Waals surface area (Å²) >= 11 is 5.85. The van der Waals surface area contributed by atoms with Gasteiger partial charge in [0.1, 0.15) is 12.5 Å². The maximum atomic E-state index is 15.5. The lowest BCUT2D eigenvalue weighted by molar-refractivity contribution is 0.0891. The number of aliphatic hydroxyl groups excluding tert-OH is 1. The van der Waals surface area contributed by atoms with Gasteiger partial charge in [-0.25, -0.2) is 13.3 Å². The number of carbonyl (C=O) groups is 1. The number of nitrogens with zero attached hydrogens (tertiary/aromatic N) is 3. The molecule has 1 amide bonds. The molecule has 0 aliphatic rings. The summed E-state index contributed by atoms with van der Waals surface area (Å²) in [5, 5.41) is 17.4. The normalized spacial score (nSPS) is 13.1. The van der Waals surface area contributed by atoms with Crippen molar-refractivity contribution < 1.29 is 18.7 Å². The molecule has 0 saturated heterocycles. The van der Waals surface area contributed by atoms with Crippen LogP contribution in [0.2, 0.25) is 5.02 Å². The predicted octanol–water partition coefficient (Wildman–Crippen LogP) is 4.27. The molecule has 176 valence electrons. The highest BCUT2D eigenvalue weighted by Crippen LogP contribution is 2.28. The number of pyridine rings is 1. The van der Waals surface area contributed by atoms with Crippen molar-refractivity contribution in [3.8, 4) is 11.1 Å². The third kappa shape index (κ3) is 4.85. The van der Waals surface area contributed by atoms with Gasteiger partial charge in [-0.2, -0.15) is 4.98 Å². The van der Waals surface area contributed by atoms with E-state index in [4.69, 9.17) is 17.3 Å². The maximum Gasteiger partial charge on any atom is 0.254 e. The number of rotatable bonds is 7. The quantitative estimate of drug-likeness (QED) is 0.362. The Bertz CT molecular complexity index is 1340. The first-order valence-electron chi connectivity index (χ1n) is 10.5. The number of halogens is 3. The van der Waals surface area contributed by atoms with Crippen molar-refractivity contribution in [2.24, 2.45) is 0 Å². The van der Waals surface area contributed by atoms with E-state index in [1.807, 2.05) is 0 Å². The van der Waals surface area contributed by atoms with E-state index in [1.165, 1.54) is 4.52 Å². The fourth-order valence-corrected chi connectivity index (χ4v) is 3.88. The second kappa shape index (κ2) is 9.74. The van der Waals surface area contributed by atoms with Gasteiger partial charge < -0.3 is 16.2 Å². The lowest BCUT2D eigenvalue weighted by atomic mass is 9.98. The molecule has 10 heteroatoms. The minimum atomic E-state index is -1.03. The van der Waals surface area contributed by atoms with Crippen LogP contribution >= 0.6 is 11.6 Å². The van der Waals surface area contributed by atoms with Crippen molar-refractivity contribution in [1.29, 1.82) is 0 Å². The lowest BCUT2D eigenvalue weighted by Crippen LogP contribution is -2.38. The number of alkyl halides is 1. The Balaban J connectivity index is 1.57. The van der Waals surface area contributed by atoms with Crippen LogP contribution in [0.25, 0.3) is 16.8 Å². The Labute approximate surface area is 199 Å². The molecule has 0 aliphatic heterocycles. The number of nitrogen functional groups attached to an aromatic ring is 1. The molecule has 2 unspecified atom stereocenters. The number of aromatic nitrogens is 3. The van der Waals surface area contributed by atoms with E-state index in [2.05, 4.69) is 15.4 Å². The third-order valence-electron chi connectivity index (χ3n) is 5.53. The van der Waals surface area contributed by atoms with Gasteiger partial charge in [0.05, 0.1) is 17.7 Å². The molecule has 4 N–H and O–H groups in total. The molecule has 2 atom stereocenters. The topological polar surface area (TPSA) is 106 Å². The van der Waals surface area contributed by atoms with Gasteiger partial charge in [0.15, 0.2) is 5.65 Å². The molecule has 4 aromatic rings. The van der Waals surface area contributed by atoms with E-state index in [0.29, 0.717) is 27.4 Å². The van der Waals surface area contributed by atoms with Crippen molar-refractivity contribution in [2.45, 2.75) is 25.5 Å². The highest BCUT2D eigenvalue weighted by atomic mass is 35.5. The van der Waals surface area contributed by atoms with Gasteiger partial charge in [-0.15, -0.1) is 5.10 Å². The Kier molecular flexibility index (Phi) is 6.76. The zero-order valence-electron chi connectivity index (χ0n) is 18.2. The van der Waals surface area contributed by atoms with Gasteiger partial charge in [0.25, 0.3) is 5.91 Å². The molecular weight excluding hydrogens is 464 g/mol. The molecule has 0 fully saturated rings. The molecule has 2 aromatic carbocycles. The van der Waals surface area contributed by atoms with E-state index in [9.17, 15) is 14.3 Å². The molecule has 0 radical (unpaired) electrons. The number of amides is 1. The van der Waals surface area contributed by atoms with E-state index in [1.54, 1.807) is 61.7 Å². The summed E-state index contributed by atoms with van der Waals surface area (Å²) in [7, 11) is 0. The summed E-state index contributed by atoms with van der Waals surface area (Å²) in [6.45, 7) is 0.666. The minimum Gasteiger partial charge on any atom is -0.388 e. The van der Waals surface area contributed by atoms with Gasteiger partial charge in [0.2, 0.25) is 5.95 Å². The number of aryl methyl sites for hydroxylation is 1. The van der Waals surface area contributed by atoms with E-state index < -0.39 is 30.5 Å². The van der Waals surface area contributed by atoms with Crippen LogP contribution in [-0.4, -0.2) is 38.3 Å². The maximum absolute atomic E-state index is 15.5. The number of fused-ring (bicyclic) bond motifs is 1. The van der Waals surface area contributed by atoms with Crippen molar-refractivity contribution >= 4 is 29.1 Å². The average molecular weight is 486 g/mol. The molecule has 2 heterocycles. The van der Waals surface area contributed by atoms with Crippen LogP contribution in [0.3, 0.4) is 0 Å². The van der Waals surface area contributed by atoms with E-state index >= 15 is 4.39 Å². The molecule has 0 saturated carbocycles. The number of carbonyl (C=O) groups excluding carboxylic acids is 1. The van der Waals surface area contributed by atoms with Gasteiger partial charge in [0, 0.05) is 23.2 Å². The highest BCUT2D eigenvalue weighted by Gasteiger charge is 2.24. The highest BCUT2D eigenvalue weighted by molar-refractivity contribution is 6.30. The third-order valence-corrected chi connectivity index (χ3v) is 5.78. The number of anilines is 1. The Morgan fingerprint density at radius 1 is 1.24 bits per heavy atom. The first-order valence-corrected chi connectivity index (χ1v) is 10.9. The van der Waals surface area contributed by atoms with E-state index in [0.717, 1.165) is 0 Å². The van der Waals surface area contributed by atoms with Crippen LogP contribution < -0.4 is 11.1 Å². The molecule has 0 spiro atoms. The monoisotopic (exact) mass is 485 g/mol. The van der Waals surface area contributed by atoms with Crippen LogP contribution in [0, 0.1) is 12.7 Å². The summed E-state index contributed by atoms with van der Waals surface area (Å²) in [5.41, 5.74) is 7.42. The van der Waals surface area contributed by atoms with Crippen molar-refractivity contribution in [3.05, 3.63) is 82.3 Å². The Morgan fingerprint density at radius 2 is 1.97 bits per heavy atom. The van der Waals surface area contributed by atoms with Crippen LogP contribution in [-0.2, 0) is 0 Å². The first-order chi connectivity index (χ1) is 16.3. The predicted molar refractivity (Wildman–Crippen MR) is 126 cm³/mol. The largest absolute Gasteiger partial charge is 0.388 e. The van der Waals surface area contributed by atoms with Crippen molar-refractivity contribution in [2.75, 3.05) is 12.4 Å². The number of nitrogens with two attached hydrogens (primary N) is 1. The minimum absolute atomic E-state index is 0.0830. The SMILES string of the molecule is Cc1ccc(-c2ccn3nc(N)nc3c2)c(F)c1C(=O)NC(CF)CC(O)c1ccc(Cl)cc1. The van der Waals surface area contributed by atoms with Crippen molar-refractivity contribution in [1.82, 2.24) is 19.9 Å². The summed E-state index contributed by atoms with van der Waals surface area (Å²) in [6, 6.07) is 11.9. The zero-order chi connectivity index (χ0) is 24.4. The van der Waals surface area contributed by atoms with Gasteiger partial charge in [-0.1, -0.05) is 35.9 Å². The summed E-state index contributed by atoms with van der Waals surface area (Å²) in [6.07, 6.45) is 0.470. The van der Waals surface area contributed by atoms with E-state index in [-0.39, 0.29) is 23.5 Å². The molecule has 34 heavy (non-hydrogen) atoms. The number of hydrogen-bond donors (Lipinski definition) is 3. The summed E-state index contributed by atoms with van der Waals surface area (Å²) < 4.78 is 30.7. The number of benzene rings is 2. The van der Waals surface area contributed by atoms with Crippen molar-refractivity contribution in [3.63, 3.8) is 0 Å². The summed E-state index contributed by atoms with van der Waals surface area (Å²) in [4.78, 5) is 17.0. The molecule has 7 nitrogen and oxygen atoms in total.